The van der Waals surface area contributed by atoms with Crippen molar-refractivity contribution in [3.8, 4) is 22.4 Å². The smallest absolute Gasteiger partial charge is 0.134 e. The first-order valence-corrected chi connectivity index (χ1v) is 11.2. The molecule has 164 valence electrons. The summed E-state index contributed by atoms with van der Waals surface area (Å²) in [6.07, 6.45) is 5.24. The van der Waals surface area contributed by atoms with Crippen LogP contribution in [0, 0.1) is 13.8 Å². The van der Waals surface area contributed by atoms with Gasteiger partial charge in [0, 0.05) is 41.0 Å². The van der Waals surface area contributed by atoms with Gasteiger partial charge in [-0.3, -0.25) is 4.98 Å². The quantitative estimate of drug-likeness (QED) is 0.300. The molecular formula is C27H23ClN4O. The molecule has 5 rings (SSSR count). The average molecular weight is 455 g/mol. The molecule has 0 amide bonds. The van der Waals surface area contributed by atoms with Crippen molar-refractivity contribution in [2.45, 2.75) is 26.8 Å². The number of fused-ring (bicyclic) bond motifs is 1. The molecule has 5 aromatic rings. The Morgan fingerprint density at radius 3 is 2.64 bits per heavy atom. The number of hydrogen-bond donors (Lipinski definition) is 1. The monoisotopic (exact) mass is 454 g/mol. The van der Waals surface area contributed by atoms with Crippen molar-refractivity contribution in [2.24, 2.45) is 0 Å². The summed E-state index contributed by atoms with van der Waals surface area (Å²) in [6.45, 7) is 6.07. The molecule has 33 heavy (non-hydrogen) atoms. The Kier molecular flexibility index (Phi) is 5.56. The summed E-state index contributed by atoms with van der Waals surface area (Å²) in [7, 11) is 0. The van der Waals surface area contributed by atoms with Crippen LogP contribution >= 0.6 is 11.6 Å². The molecule has 0 fully saturated rings. The summed E-state index contributed by atoms with van der Waals surface area (Å²) in [6, 6.07) is 18.4. The average Bonchev–Trinajstić information content (AvgIpc) is 3.19. The Morgan fingerprint density at radius 1 is 0.909 bits per heavy atom. The normalized spacial score (nSPS) is 12.1. The Morgan fingerprint density at radius 2 is 1.79 bits per heavy atom. The van der Waals surface area contributed by atoms with E-state index in [-0.39, 0.29) is 6.04 Å². The maximum absolute atomic E-state index is 6.12. The number of halogens is 1. The predicted molar refractivity (Wildman–Crippen MR) is 133 cm³/mol. The zero-order valence-electron chi connectivity index (χ0n) is 18.6. The fourth-order valence-corrected chi connectivity index (χ4v) is 4.14. The van der Waals surface area contributed by atoms with Crippen LogP contribution in [0.2, 0.25) is 5.02 Å². The minimum absolute atomic E-state index is 0.0397. The SMILES string of the molecule is Cc1nc(N[C@@H](C)c2cccc(-c3cncc(Cl)c3)c2)cc(-c2ccc3occ(C)c3c2)n1. The van der Waals surface area contributed by atoms with Gasteiger partial charge >= 0.3 is 0 Å². The van der Waals surface area contributed by atoms with Gasteiger partial charge in [0.2, 0.25) is 0 Å². The Hall–Kier alpha value is -3.70. The lowest BCUT2D eigenvalue weighted by atomic mass is 10.0. The number of benzene rings is 2. The van der Waals surface area contributed by atoms with E-state index in [9.17, 15) is 0 Å². The Labute approximate surface area is 197 Å². The molecule has 0 aliphatic carbocycles. The summed E-state index contributed by atoms with van der Waals surface area (Å²) in [5, 5.41) is 5.25. The van der Waals surface area contributed by atoms with E-state index in [1.165, 1.54) is 0 Å². The first-order chi connectivity index (χ1) is 16.0. The molecule has 0 aliphatic heterocycles. The fraction of sp³-hybridized carbons (Fsp3) is 0.148. The van der Waals surface area contributed by atoms with E-state index < -0.39 is 0 Å². The number of rotatable bonds is 5. The van der Waals surface area contributed by atoms with Crippen molar-refractivity contribution in [3.63, 3.8) is 0 Å². The molecule has 0 saturated carbocycles. The Balaban J connectivity index is 1.43. The van der Waals surface area contributed by atoms with Crippen LogP contribution in [0.5, 0.6) is 0 Å². The third-order valence-corrected chi connectivity index (χ3v) is 5.90. The van der Waals surface area contributed by atoms with Crippen molar-refractivity contribution < 1.29 is 4.42 Å². The molecule has 3 aromatic heterocycles. The standard InChI is InChI=1S/C27H23ClN4O/c1-16-15-33-26-8-7-21(11-24(16)26)25-12-27(32-18(3)31-25)30-17(2)19-5-4-6-20(9-19)22-10-23(28)14-29-13-22/h4-15,17H,1-3H3,(H,30,31,32)/t17-/m0/s1. The van der Waals surface area contributed by atoms with Gasteiger partial charge in [0.05, 0.1) is 17.0 Å². The predicted octanol–water partition coefficient (Wildman–Crippen LogP) is 7.40. The highest BCUT2D eigenvalue weighted by molar-refractivity contribution is 6.30. The first-order valence-electron chi connectivity index (χ1n) is 10.8. The number of aromatic nitrogens is 3. The second-order valence-corrected chi connectivity index (χ2v) is 8.64. The molecule has 0 spiro atoms. The van der Waals surface area contributed by atoms with Crippen molar-refractivity contribution >= 4 is 28.4 Å². The van der Waals surface area contributed by atoms with E-state index in [0.717, 1.165) is 50.3 Å². The number of nitrogens with one attached hydrogen (secondary N) is 1. The highest BCUT2D eigenvalue weighted by atomic mass is 35.5. The van der Waals surface area contributed by atoms with Gasteiger partial charge in [-0.2, -0.15) is 0 Å². The molecule has 0 aliphatic rings. The number of hydrogen-bond acceptors (Lipinski definition) is 5. The van der Waals surface area contributed by atoms with E-state index in [2.05, 4.69) is 51.5 Å². The minimum Gasteiger partial charge on any atom is -0.464 e. The van der Waals surface area contributed by atoms with Crippen LogP contribution in [-0.4, -0.2) is 15.0 Å². The zero-order chi connectivity index (χ0) is 22.9. The molecule has 3 heterocycles. The first kappa shape index (κ1) is 21.2. The number of aryl methyl sites for hydroxylation is 2. The van der Waals surface area contributed by atoms with Crippen molar-refractivity contribution in [1.82, 2.24) is 15.0 Å². The molecule has 5 nitrogen and oxygen atoms in total. The second-order valence-electron chi connectivity index (χ2n) is 8.20. The van der Waals surface area contributed by atoms with E-state index in [1.807, 2.05) is 50.4 Å². The van der Waals surface area contributed by atoms with Crippen LogP contribution < -0.4 is 5.32 Å². The second kappa shape index (κ2) is 8.68. The summed E-state index contributed by atoms with van der Waals surface area (Å²) < 4.78 is 5.58. The van der Waals surface area contributed by atoms with Crippen molar-refractivity contribution in [1.29, 1.82) is 0 Å². The number of anilines is 1. The van der Waals surface area contributed by atoms with Gasteiger partial charge < -0.3 is 9.73 Å². The highest BCUT2D eigenvalue weighted by Gasteiger charge is 2.12. The zero-order valence-corrected chi connectivity index (χ0v) is 19.4. The molecule has 2 aromatic carbocycles. The van der Waals surface area contributed by atoms with Gasteiger partial charge in [0.15, 0.2) is 0 Å². The van der Waals surface area contributed by atoms with Crippen LogP contribution in [0.4, 0.5) is 5.82 Å². The molecule has 0 saturated heterocycles. The maximum atomic E-state index is 6.12. The molecule has 0 bridgehead atoms. The van der Waals surface area contributed by atoms with Gasteiger partial charge in [-0.25, -0.2) is 9.97 Å². The van der Waals surface area contributed by atoms with Gasteiger partial charge in [0.1, 0.15) is 17.2 Å². The van der Waals surface area contributed by atoms with E-state index in [1.54, 1.807) is 12.5 Å². The lowest BCUT2D eigenvalue weighted by molar-refractivity contribution is 0.613. The minimum atomic E-state index is 0.0397. The Bertz CT molecular complexity index is 1460. The molecule has 1 atom stereocenters. The third kappa shape index (κ3) is 4.45. The van der Waals surface area contributed by atoms with Crippen molar-refractivity contribution in [2.75, 3.05) is 5.32 Å². The topological polar surface area (TPSA) is 63.8 Å². The van der Waals surface area contributed by atoms with E-state index in [0.29, 0.717) is 10.8 Å². The molecule has 1 N–H and O–H groups in total. The van der Waals surface area contributed by atoms with Gasteiger partial charge in [0.25, 0.3) is 0 Å². The van der Waals surface area contributed by atoms with Crippen LogP contribution in [0.3, 0.4) is 0 Å². The van der Waals surface area contributed by atoms with Crippen LogP contribution in [0.1, 0.15) is 29.9 Å². The van der Waals surface area contributed by atoms with Gasteiger partial charge in [-0.05, 0) is 67.8 Å². The number of furan rings is 1. The molecule has 0 radical (unpaired) electrons. The largest absolute Gasteiger partial charge is 0.464 e. The van der Waals surface area contributed by atoms with Gasteiger partial charge in [-0.15, -0.1) is 0 Å². The van der Waals surface area contributed by atoms with E-state index in [4.69, 9.17) is 16.0 Å². The fourth-order valence-electron chi connectivity index (χ4n) is 3.97. The summed E-state index contributed by atoms with van der Waals surface area (Å²) in [5.74, 6) is 1.49. The molecule has 0 unspecified atom stereocenters. The highest BCUT2D eigenvalue weighted by Crippen LogP contribution is 2.29. The number of pyridine rings is 1. The summed E-state index contributed by atoms with van der Waals surface area (Å²) in [5.41, 5.74) is 7.09. The van der Waals surface area contributed by atoms with Crippen molar-refractivity contribution in [3.05, 3.63) is 95.2 Å². The molecular weight excluding hydrogens is 432 g/mol. The third-order valence-electron chi connectivity index (χ3n) is 5.69. The number of nitrogens with zero attached hydrogens (tertiary/aromatic N) is 3. The summed E-state index contributed by atoms with van der Waals surface area (Å²) >= 11 is 6.12. The lowest BCUT2D eigenvalue weighted by Crippen LogP contribution is -2.09. The van der Waals surface area contributed by atoms with Crippen LogP contribution in [-0.2, 0) is 0 Å². The van der Waals surface area contributed by atoms with Crippen LogP contribution in [0.25, 0.3) is 33.4 Å². The maximum Gasteiger partial charge on any atom is 0.134 e. The lowest BCUT2D eigenvalue weighted by Gasteiger charge is -2.17. The molecule has 6 heteroatoms. The van der Waals surface area contributed by atoms with Crippen LogP contribution in [0.15, 0.2) is 77.7 Å². The van der Waals surface area contributed by atoms with E-state index >= 15 is 0 Å². The van der Waals surface area contributed by atoms with Gasteiger partial charge in [-0.1, -0.05) is 29.8 Å². The summed E-state index contributed by atoms with van der Waals surface area (Å²) in [4.78, 5) is 13.5.